The molecule has 0 saturated carbocycles. The fourth-order valence-corrected chi connectivity index (χ4v) is 3.09. The van der Waals surface area contributed by atoms with Gasteiger partial charge >= 0.3 is 11.9 Å². The van der Waals surface area contributed by atoms with E-state index in [1.54, 1.807) is 42.5 Å². The summed E-state index contributed by atoms with van der Waals surface area (Å²) in [5.74, 6) is -0.688. The number of carboxylic acid groups (broad SMARTS) is 1. The Hall–Kier alpha value is -3.74. The van der Waals surface area contributed by atoms with Crippen LogP contribution in [0, 0.1) is 0 Å². The van der Waals surface area contributed by atoms with Crippen molar-refractivity contribution in [1.29, 1.82) is 0 Å². The van der Waals surface area contributed by atoms with Gasteiger partial charge in [-0.25, -0.2) is 9.59 Å². The van der Waals surface area contributed by atoms with E-state index in [4.69, 9.17) is 18.9 Å². The smallest absolute Gasteiger partial charge is 0.340 e. The zero-order valence-corrected chi connectivity index (χ0v) is 14.4. The number of ether oxygens (including phenoxy) is 4. The van der Waals surface area contributed by atoms with Crippen molar-refractivity contribution in [3.63, 3.8) is 0 Å². The molecule has 7 nitrogen and oxygen atoms in total. The number of esters is 1. The molecule has 3 aromatic carbocycles. The van der Waals surface area contributed by atoms with E-state index in [2.05, 4.69) is 0 Å². The lowest BCUT2D eigenvalue weighted by atomic mass is 9.95. The summed E-state index contributed by atoms with van der Waals surface area (Å²) in [6.45, 7) is 0. The second kappa shape index (κ2) is 6.21. The zero-order valence-electron chi connectivity index (χ0n) is 14.4. The predicted octanol–water partition coefficient (Wildman–Crippen LogP) is 4.23. The Morgan fingerprint density at radius 1 is 0.889 bits per heavy atom. The summed E-state index contributed by atoms with van der Waals surface area (Å²) in [6, 6.07) is 11.8. The van der Waals surface area contributed by atoms with Crippen molar-refractivity contribution in [2.45, 2.75) is 0 Å². The Morgan fingerprint density at radius 2 is 1.56 bits per heavy atom. The summed E-state index contributed by atoms with van der Waals surface area (Å²) >= 11 is 0. The van der Waals surface area contributed by atoms with E-state index in [1.165, 1.54) is 14.2 Å². The van der Waals surface area contributed by atoms with E-state index in [1.807, 2.05) is 0 Å². The van der Waals surface area contributed by atoms with Gasteiger partial charge in [-0.1, -0.05) is 12.1 Å². The van der Waals surface area contributed by atoms with Crippen LogP contribution in [0.1, 0.15) is 20.7 Å². The van der Waals surface area contributed by atoms with Crippen molar-refractivity contribution >= 4 is 22.7 Å². The number of fused-ring (bicyclic) bond motifs is 4. The monoisotopic (exact) mass is 366 g/mol. The number of carbonyl (C=O) groups excluding carboxylic acids is 1. The van der Waals surface area contributed by atoms with E-state index < -0.39 is 11.9 Å². The summed E-state index contributed by atoms with van der Waals surface area (Å²) in [5, 5.41) is 10.7. The van der Waals surface area contributed by atoms with Crippen molar-refractivity contribution in [2.24, 2.45) is 0 Å². The first-order chi connectivity index (χ1) is 13.0. The van der Waals surface area contributed by atoms with Gasteiger partial charge in [0.1, 0.15) is 11.3 Å². The van der Waals surface area contributed by atoms with Crippen molar-refractivity contribution in [2.75, 3.05) is 14.2 Å². The third-order valence-corrected chi connectivity index (χ3v) is 4.30. The molecule has 1 aliphatic heterocycles. The maximum Gasteiger partial charge on any atom is 0.340 e. The number of hydrogen-bond acceptors (Lipinski definition) is 6. The Bertz CT molecular complexity index is 1100. The quantitative estimate of drug-likeness (QED) is 0.543. The van der Waals surface area contributed by atoms with Crippen LogP contribution in [0.5, 0.6) is 28.7 Å². The molecule has 7 heteroatoms. The molecule has 0 spiro atoms. The number of aromatic carboxylic acids is 1. The van der Waals surface area contributed by atoms with Gasteiger partial charge in [-0.3, -0.25) is 0 Å². The van der Waals surface area contributed by atoms with Gasteiger partial charge in [-0.2, -0.15) is 0 Å². The van der Waals surface area contributed by atoms with E-state index in [9.17, 15) is 14.7 Å². The molecule has 0 radical (unpaired) electrons. The molecule has 0 aliphatic carbocycles. The second-order valence-corrected chi connectivity index (χ2v) is 5.77. The van der Waals surface area contributed by atoms with Gasteiger partial charge in [0.2, 0.25) is 0 Å². The van der Waals surface area contributed by atoms with E-state index in [-0.39, 0.29) is 22.6 Å². The molecule has 0 amide bonds. The highest BCUT2D eigenvalue weighted by atomic mass is 16.6. The molecule has 1 aliphatic rings. The third-order valence-electron chi connectivity index (χ3n) is 4.30. The lowest BCUT2D eigenvalue weighted by Crippen LogP contribution is -2.15. The highest BCUT2D eigenvalue weighted by Crippen LogP contribution is 2.52. The molecule has 0 fully saturated rings. The minimum atomic E-state index is -1.33. The van der Waals surface area contributed by atoms with Gasteiger partial charge in [0.05, 0.1) is 19.8 Å². The standard InChI is InChI=1S/C20H14O7/c1-24-10-7-8-11-12(9-10)15(20(23)25-2)16(19(21)22)18-17(11)26-13-5-3-4-6-14(13)27-18/h3-9H,1-2H3,(H,21,22). The van der Waals surface area contributed by atoms with Gasteiger partial charge in [0.25, 0.3) is 0 Å². The topological polar surface area (TPSA) is 91.3 Å². The van der Waals surface area contributed by atoms with Crippen molar-refractivity contribution < 1.29 is 33.6 Å². The molecule has 0 unspecified atom stereocenters. The third kappa shape index (κ3) is 2.52. The first kappa shape index (κ1) is 16.7. The fourth-order valence-electron chi connectivity index (χ4n) is 3.09. The number of para-hydroxylation sites is 2. The molecule has 136 valence electrons. The van der Waals surface area contributed by atoms with Gasteiger partial charge in [0, 0.05) is 10.8 Å². The molecule has 0 saturated heterocycles. The van der Waals surface area contributed by atoms with Crippen LogP contribution in [0.4, 0.5) is 0 Å². The van der Waals surface area contributed by atoms with Crippen molar-refractivity contribution in [3.8, 4) is 28.7 Å². The van der Waals surface area contributed by atoms with Crippen LogP contribution in [0.15, 0.2) is 42.5 Å². The maximum absolute atomic E-state index is 12.5. The van der Waals surface area contributed by atoms with Crippen LogP contribution in [0.2, 0.25) is 0 Å². The number of rotatable bonds is 3. The molecule has 4 rings (SSSR count). The van der Waals surface area contributed by atoms with Crippen LogP contribution in [0.25, 0.3) is 10.8 Å². The van der Waals surface area contributed by atoms with Crippen LogP contribution < -0.4 is 14.2 Å². The first-order valence-electron chi connectivity index (χ1n) is 7.99. The number of carbonyl (C=O) groups is 2. The van der Waals surface area contributed by atoms with Crippen molar-refractivity contribution in [1.82, 2.24) is 0 Å². The van der Waals surface area contributed by atoms with Gasteiger partial charge in [-0.15, -0.1) is 0 Å². The number of hydrogen-bond donors (Lipinski definition) is 1. The molecule has 1 heterocycles. The SMILES string of the molecule is COC(=O)c1c(C(=O)O)c2c(c3ccc(OC)cc13)Oc1ccccc1O2. The Labute approximate surface area is 153 Å². The largest absolute Gasteiger partial charge is 0.497 e. The zero-order chi connectivity index (χ0) is 19.1. The van der Waals surface area contributed by atoms with Gasteiger partial charge in [0.15, 0.2) is 23.0 Å². The predicted molar refractivity (Wildman–Crippen MR) is 95.4 cm³/mol. The molecule has 0 bridgehead atoms. The second-order valence-electron chi connectivity index (χ2n) is 5.77. The molecule has 3 aromatic rings. The van der Waals surface area contributed by atoms with Crippen LogP contribution >= 0.6 is 0 Å². The van der Waals surface area contributed by atoms with Crippen LogP contribution in [0.3, 0.4) is 0 Å². The van der Waals surface area contributed by atoms with E-state index >= 15 is 0 Å². The number of carboxylic acids is 1. The van der Waals surface area contributed by atoms with Crippen molar-refractivity contribution in [3.05, 3.63) is 53.6 Å². The van der Waals surface area contributed by atoms with Crippen LogP contribution in [-0.2, 0) is 4.74 Å². The minimum Gasteiger partial charge on any atom is -0.497 e. The van der Waals surface area contributed by atoms with Crippen LogP contribution in [-0.4, -0.2) is 31.3 Å². The fraction of sp³-hybridized carbons (Fsp3) is 0.100. The van der Waals surface area contributed by atoms with E-state index in [0.717, 1.165) is 0 Å². The first-order valence-corrected chi connectivity index (χ1v) is 7.99. The molecular formula is C20H14O7. The Balaban J connectivity index is 2.13. The molecule has 1 N–H and O–H groups in total. The number of benzene rings is 3. The summed E-state index contributed by atoms with van der Waals surface area (Å²) in [4.78, 5) is 24.5. The summed E-state index contributed by atoms with van der Waals surface area (Å²) in [7, 11) is 2.66. The highest BCUT2D eigenvalue weighted by molar-refractivity contribution is 6.16. The van der Waals surface area contributed by atoms with Gasteiger partial charge < -0.3 is 24.1 Å². The molecule has 27 heavy (non-hydrogen) atoms. The Kier molecular flexibility index (Phi) is 3.84. The molecule has 0 aromatic heterocycles. The normalized spacial score (nSPS) is 11.6. The highest BCUT2D eigenvalue weighted by Gasteiger charge is 2.33. The average Bonchev–Trinajstić information content (AvgIpc) is 2.70. The summed E-state index contributed by atoms with van der Waals surface area (Å²) < 4.78 is 21.8. The Morgan fingerprint density at radius 3 is 2.15 bits per heavy atom. The summed E-state index contributed by atoms with van der Waals surface area (Å²) in [6.07, 6.45) is 0. The minimum absolute atomic E-state index is 0.0423. The molecule has 0 atom stereocenters. The number of methoxy groups -OCH3 is 2. The van der Waals surface area contributed by atoms with Gasteiger partial charge in [-0.05, 0) is 30.3 Å². The molecular weight excluding hydrogens is 352 g/mol. The lowest BCUT2D eigenvalue weighted by molar-refractivity contribution is 0.0583. The summed E-state index contributed by atoms with van der Waals surface area (Å²) in [5.41, 5.74) is -0.451. The maximum atomic E-state index is 12.5. The van der Waals surface area contributed by atoms with E-state index in [0.29, 0.717) is 28.0 Å². The average molecular weight is 366 g/mol. The lowest BCUT2D eigenvalue weighted by Gasteiger charge is -2.25.